The van der Waals surface area contributed by atoms with Gasteiger partial charge < -0.3 is 9.88 Å². The van der Waals surface area contributed by atoms with Crippen LogP contribution in [0.4, 0.5) is 0 Å². The van der Waals surface area contributed by atoms with E-state index in [1.54, 1.807) is 0 Å². The van der Waals surface area contributed by atoms with Gasteiger partial charge in [0.25, 0.3) is 0 Å². The summed E-state index contributed by atoms with van der Waals surface area (Å²) in [5.41, 5.74) is 2.41. The topological polar surface area (TPSA) is 52.2 Å². The number of aromatic amines is 1. The van der Waals surface area contributed by atoms with E-state index in [9.17, 15) is 4.79 Å². The maximum atomic E-state index is 12.7. The van der Waals surface area contributed by atoms with Crippen LogP contribution in [-0.2, 0) is 24.2 Å². The molecule has 0 spiro atoms. The van der Waals surface area contributed by atoms with Crippen LogP contribution in [0.3, 0.4) is 0 Å². The number of carbonyl (C=O) groups is 1. The lowest BCUT2D eigenvalue weighted by atomic mass is 10.2. The molecule has 5 heteroatoms. The van der Waals surface area contributed by atoms with Crippen molar-refractivity contribution in [2.45, 2.75) is 45.7 Å². The molecule has 0 radical (unpaired) electrons. The van der Waals surface area contributed by atoms with Crippen molar-refractivity contribution in [2.24, 2.45) is 0 Å². The van der Waals surface area contributed by atoms with E-state index in [0.29, 0.717) is 6.42 Å². The van der Waals surface area contributed by atoms with Gasteiger partial charge in [0.05, 0.1) is 6.42 Å². The van der Waals surface area contributed by atoms with Gasteiger partial charge in [0.2, 0.25) is 5.91 Å². The molecule has 1 unspecified atom stereocenters. The van der Waals surface area contributed by atoms with Crippen molar-refractivity contribution in [3.8, 4) is 0 Å². The van der Waals surface area contributed by atoms with Crippen LogP contribution in [0, 0.1) is 0 Å². The molecule has 1 aliphatic rings. The van der Waals surface area contributed by atoms with Crippen LogP contribution in [0.1, 0.15) is 37.4 Å². The zero-order valence-corrected chi connectivity index (χ0v) is 15.2. The molecule has 25 heavy (non-hydrogen) atoms. The molecule has 5 nitrogen and oxygen atoms in total. The Labute approximate surface area is 150 Å². The lowest BCUT2D eigenvalue weighted by Gasteiger charge is -2.29. The summed E-state index contributed by atoms with van der Waals surface area (Å²) >= 11 is 0. The maximum absolute atomic E-state index is 12.7. The average Bonchev–Trinajstić information content (AvgIpc) is 2.98. The van der Waals surface area contributed by atoms with Crippen LogP contribution in [0.2, 0.25) is 0 Å². The largest absolute Gasteiger partial charge is 0.345 e. The molecule has 1 amide bonds. The molecule has 1 aromatic carbocycles. The van der Waals surface area contributed by atoms with Crippen molar-refractivity contribution < 1.29 is 4.79 Å². The second-order valence-corrected chi connectivity index (χ2v) is 6.90. The monoisotopic (exact) mass is 340 g/mol. The van der Waals surface area contributed by atoms with Gasteiger partial charge >= 0.3 is 0 Å². The first kappa shape index (κ1) is 17.7. The first-order valence-corrected chi connectivity index (χ1v) is 9.24. The summed E-state index contributed by atoms with van der Waals surface area (Å²) in [6, 6.07) is 10.8. The van der Waals surface area contributed by atoms with Crippen molar-refractivity contribution in [3.63, 3.8) is 0 Å². The molecule has 134 valence electrons. The van der Waals surface area contributed by atoms with E-state index in [0.717, 1.165) is 50.5 Å². The van der Waals surface area contributed by atoms with Crippen LogP contribution < -0.4 is 0 Å². The first-order valence-electron chi connectivity index (χ1n) is 9.24. The van der Waals surface area contributed by atoms with Crippen LogP contribution in [0.25, 0.3) is 0 Å². The number of hydrogen-bond donors (Lipinski definition) is 1. The summed E-state index contributed by atoms with van der Waals surface area (Å²) < 4.78 is 0. The molecule has 1 aromatic heterocycles. The number of imidazole rings is 1. The van der Waals surface area contributed by atoms with E-state index in [1.165, 1.54) is 5.56 Å². The fourth-order valence-corrected chi connectivity index (χ4v) is 3.52. The summed E-state index contributed by atoms with van der Waals surface area (Å²) in [7, 11) is 0. The van der Waals surface area contributed by atoms with Crippen LogP contribution >= 0.6 is 0 Å². The number of nitrogens with one attached hydrogen (secondary N) is 1. The van der Waals surface area contributed by atoms with Crippen molar-refractivity contribution in [2.75, 3.05) is 19.6 Å². The van der Waals surface area contributed by atoms with Gasteiger partial charge in [-0.3, -0.25) is 9.69 Å². The Balaban J connectivity index is 1.58. The van der Waals surface area contributed by atoms with Crippen LogP contribution in [0.15, 0.2) is 36.5 Å². The Morgan fingerprint density at radius 2 is 2.08 bits per heavy atom. The highest BCUT2D eigenvalue weighted by Crippen LogP contribution is 2.14. The molecule has 1 N–H and O–H groups in total. The van der Waals surface area contributed by atoms with Gasteiger partial charge in [0, 0.05) is 44.1 Å². The van der Waals surface area contributed by atoms with Crippen molar-refractivity contribution in [1.29, 1.82) is 0 Å². The molecular weight excluding hydrogens is 312 g/mol. The van der Waals surface area contributed by atoms with Gasteiger partial charge in [-0.2, -0.15) is 0 Å². The second kappa shape index (κ2) is 8.30. The van der Waals surface area contributed by atoms with Gasteiger partial charge in [-0.15, -0.1) is 0 Å². The summed E-state index contributed by atoms with van der Waals surface area (Å²) in [6.07, 6.45) is 4.12. The number of carbonyl (C=O) groups excluding carboxylic acids is 1. The average molecular weight is 340 g/mol. The Morgan fingerprint density at radius 1 is 1.28 bits per heavy atom. The van der Waals surface area contributed by atoms with E-state index in [-0.39, 0.29) is 11.9 Å². The fourth-order valence-electron chi connectivity index (χ4n) is 3.52. The molecule has 0 aliphatic carbocycles. The third-order valence-corrected chi connectivity index (χ3v) is 4.88. The molecular formula is C20H28N4O. The number of rotatable bonds is 5. The zero-order valence-electron chi connectivity index (χ0n) is 15.2. The predicted molar refractivity (Wildman–Crippen MR) is 99.2 cm³/mol. The van der Waals surface area contributed by atoms with Gasteiger partial charge in [0.15, 0.2) is 0 Å². The third kappa shape index (κ3) is 4.69. The van der Waals surface area contributed by atoms with Gasteiger partial charge in [0.1, 0.15) is 5.82 Å². The number of amides is 1. The normalized spacial score (nSPS) is 19.0. The molecule has 1 aliphatic heterocycles. The highest BCUT2D eigenvalue weighted by molar-refractivity contribution is 5.78. The van der Waals surface area contributed by atoms with Crippen molar-refractivity contribution in [3.05, 3.63) is 53.6 Å². The van der Waals surface area contributed by atoms with Gasteiger partial charge in [-0.1, -0.05) is 37.3 Å². The summed E-state index contributed by atoms with van der Waals surface area (Å²) in [4.78, 5) is 24.8. The van der Waals surface area contributed by atoms with E-state index >= 15 is 0 Å². The molecule has 2 heterocycles. The highest BCUT2D eigenvalue weighted by Gasteiger charge is 2.25. The molecule has 2 aromatic rings. The third-order valence-electron chi connectivity index (χ3n) is 4.88. The van der Waals surface area contributed by atoms with E-state index in [4.69, 9.17) is 0 Å². The van der Waals surface area contributed by atoms with E-state index in [1.807, 2.05) is 17.2 Å². The second-order valence-electron chi connectivity index (χ2n) is 6.90. The summed E-state index contributed by atoms with van der Waals surface area (Å²) in [6.45, 7) is 7.96. The number of H-pyrrole nitrogens is 1. The SMILES string of the molecule is CCc1cnc(CC(=O)N2CCCN(Cc3ccccc3)CC2C)[nH]1. The summed E-state index contributed by atoms with van der Waals surface area (Å²) in [5.74, 6) is 0.950. The van der Waals surface area contributed by atoms with Crippen LogP contribution in [0.5, 0.6) is 0 Å². The maximum Gasteiger partial charge on any atom is 0.230 e. The number of aryl methyl sites for hydroxylation is 1. The van der Waals surface area contributed by atoms with Crippen molar-refractivity contribution >= 4 is 5.91 Å². The molecule has 0 bridgehead atoms. The van der Waals surface area contributed by atoms with E-state index in [2.05, 4.69) is 53.0 Å². The molecule has 1 saturated heterocycles. The Kier molecular flexibility index (Phi) is 5.87. The molecule has 1 fully saturated rings. The molecule has 1 atom stereocenters. The Morgan fingerprint density at radius 3 is 2.80 bits per heavy atom. The number of hydrogen-bond acceptors (Lipinski definition) is 3. The predicted octanol–water partition coefficient (Wildman–Crippen LogP) is 2.64. The highest BCUT2D eigenvalue weighted by atomic mass is 16.2. The van der Waals surface area contributed by atoms with E-state index < -0.39 is 0 Å². The summed E-state index contributed by atoms with van der Waals surface area (Å²) in [5, 5.41) is 0. The van der Waals surface area contributed by atoms with Crippen LogP contribution in [-0.4, -0.2) is 51.4 Å². The number of benzene rings is 1. The fraction of sp³-hybridized carbons (Fsp3) is 0.500. The Bertz CT molecular complexity index is 682. The quantitative estimate of drug-likeness (QED) is 0.910. The number of nitrogens with zero attached hydrogens (tertiary/aromatic N) is 3. The first-order chi connectivity index (χ1) is 12.2. The minimum atomic E-state index is 0.172. The lowest BCUT2D eigenvalue weighted by Crippen LogP contribution is -2.43. The van der Waals surface area contributed by atoms with Gasteiger partial charge in [-0.05, 0) is 25.3 Å². The number of aromatic nitrogens is 2. The lowest BCUT2D eigenvalue weighted by molar-refractivity contribution is -0.132. The van der Waals surface area contributed by atoms with Crippen molar-refractivity contribution in [1.82, 2.24) is 19.8 Å². The molecule has 0 saturated carbocycles. The smallest absolute Gasteiger partial charge is 0.230 e. The Hall–Kier alpha value is -2.14. The minimum absolute atomic E-state index is 0.172. The molecule has 3 rings (SSSR count). The van der Waals surface area contributed by atoms with Gasteiger partial charge in [-0.25, -0.2) is 4.98 Å². The minimum Gasteiger partial charge on any atom is -0.345 e. The standard InChI is InChI=1S/C20H28N4O/c1-3-18-13-21-19(22-18)12-20(25)24-11-7-10-23(14-16(24)2)15-17-8-5-4-6-9-17/h4-6,8-9,13,16H,3,7,10-12,14-15H2,1-2H3,(H,21,22). The zero-order chi connectivity index (χ0) is 17.6.